The maximum absolute atomic E-state index is 12.8. The fourth-order valence-electron chi connectivity index (χ4n) is 2.81. The molecule has 0 unspecified atom stereocenters. The minimum atomic E-state index is -0.106. The summed E-state index contributed by atoms with van der Waals surface area (Å²) >= 11 is 6.13. The Balaban J connectivity index is 1.83. The molecule has 1 aliphatic heterocycles. The molecule has 3 heterocycles. The van der Waals surface area contributed by atoms with Crippen molar-refractivity contribution >= 4 is 17.5 Å². The number of halogens is 1. The van der Waals surface area contributed by atoms with Crippen molar-refractivity contribution in [3.8, 4) is 5.88 Å². The van der Waals surface area contributed by atoms with Crippen molar-refractivity contribution in [1.29, 1.82) is 0 Å². The summed E-state index contributed by atoms with van der Waals surface area (Å²) in [4.78, 5) is 18.7. The Morgan fingerprint density at radius 3 is 3.00 bits per heavy atom. The van der Waals surface area contributed by atoms with Gasteiger partial charge in [-0.1, -0.05) is 16.8 Å². The first-order valence-electron chi connectivity index (χ1n) is 7.62. The van der Waals surface area contributed by atoms with E-state index in [1.165, 1.54) is 6.20 Å². The third-order valence-electron chi connectivity index (χ3n) is 3.84. The third-order valence-corrected chi connectivity index (χ3v) is 4.11. The molecule has 0 aliphatic carbocycles. The molecule has 0 radical (unpaired) electrons. The molecular formula is C16H18ClN3O3. The van der Waals surface area contributed by atoms with E-state index in [0.29, 0.717) is 29.6 Å². The van der Waals surface area contributed by atoms with Gasteiger partial charge in [0, 0.05) is 18.8 Å². The summed E-state index contributed by atoms with van der Waals surface area (Å²) in [6.07, 6.45) is 3.30. The number of likely N-dealkylation sites (tertiary alicyclic amines) is 1. The number of aryl methyl sites for hydroxylation is 1. The summed E-state index contributed by atoms with van der Waals surface area (Å²) in [7, 11) is 0. The van der Waals surface area contributed by atoms with E-state index >= 15 is 0 Å². The Morgan fingerprint density at radius 2 is 2.35 bits per heavy atom. The van der Waals surface area contributed by atoms with Crippen LogP contribution in [-0.2, 0) is 0 Å². The van der Waals surface area contributed by atoms with Gasteiger partial charge in [-0.25, -0.2) is 4.98 Å². The number of hydrogen-bond acceptors (Lipinski definition) is 5. The highest BCUT2D eigenvalue weighted by atomic mass is 35.5. The zero-order valence-corrected chi connectivity index (χ0v) is 13.8. The second kappa shape index (κ2) is 6.58. The molecule has 1 saturated heterocycles. The van der Waals surface area contributed by atoms with Crippen LogP contribution in [0.1, 0.15) is 47.6 Å². The summed E-state index contributed by atoms with van der Waals surface area (Å²) in [5.74, 6) is 0.978. The maximum Gasteiger partial charge on any atom is 0.256 e. The van der Waals surface area contributed by atoms with E-state index < -0.39 is 0 Å². The van der Waals surface area contributed by atoms with Gasteiger partial charge in [-0.3, -0.25) is 4.79 Å². The second-order valence-corrected chi connectivity index (χ2v) is 5.87. The molecule has 0 saturated carbocycles. The number of carbonyl (C=O) groups excluding carboxylic acids is 1. The third kappa shape index (κ3) is 3.17. The summed E-state index contributed by atoms with van der Waals surface area (Å²) in [5.41, 5.74) is 1.24. The standard InChI is InChI=1S/C16H18ClN3O3/c1-3-22-15-12(17)8-11(9-18-15)16(21)20-6-4-5-14(20)13-7-10(2)23-19-13/h7-9,14H,3-6H2,1-2H3/t14-/m0/s1. The minimum Gasteiger partial charge on any atom is -0.477 e. The van der Waals surface area contributed by atoms with Gasteiger partial charge >= 0.3 is 0 Å². The average Bonchev–Trinajstić information content (AvgIpc) is 3.17. The number of pyridine rings is 1. The molecule has 0 aromatic carbocycles. The van der Waals surface area contributed by atoms with E-state index in [4.69, 9.17) is 20.9 Å². The Hall–Kier alpha value is -2.08. The van der Waals surface area contributed by atoms with Crippen LogP contribution in [-0.4, -0.2) is 34.1 Å². The van der Waals surface area contributed by atoms with Gasteiger partial charge in [-0.15, -0.1) is 0 Å². The lowest BCUT2D eigenvalue weighted by Gasteiger charge is -2.23. The average molecular weight is 336 g/mol. The molecule has 7 heteroatoms. The van der Waals surface area contributed by atoms with Crippen molar-refractivity contribution < 1.29 is 14.1 Å². The Kier molecular flexibility index (Phi) is 4.52. The fraction of sp³-hybridized carbons (Fsp3) is 0.438. The molecular weight excluding hydrogens is 318 g/mol. The molecule has 0 bridgehead atoms. The van der Waals surface area contributed by atoms with Crippen LogP contribution in [0.2, 0.25) is 5.02 Å². The number of carbonyl (C=O) groups is 1. The minimum absolute atomic E-state index is 0.0645. The zero-order chi connectivity index (χ0) is 16.4. The van der Waals surface area contributed by atoms with Crippen LogP contribution in [0.3, 0.4) is 0 Å². The monoisotopic (exact) mass is 335 g/mol. The molecule has 6 nitrogen and oxygen atoms in total. The molecule has 1 atom stereocenters. The summed E-state index contributed by atoms with van der Waals surface area (Å²) < 4.78 is 10.4. The lowest BCUT2D eigenvalue weighted by molar-refractivity contribution is 0.0730. The summed E-state index contributed by atoms with van der Waals surface area (Å²) in [5, 5.41) is 4.39. The lowest BCUT2D eigenvalue weighted by atomic mass is 10.1. The van der Waals surface area contributed by atoms with Gasteiger partial charge in [0.15, 0.2) is 0 Å². The molecule has 122 valence electrons. The summed E-state index contributed by atoms with van der Waals surface area (Å²) in [6, 6.07) is 3.41. The van der Waals surface area contributed by atoms with Gasteiger partial charge in [-0.2, -0.15) is 0 Å². The van der Waals surface area contributed by atoms with E-state index in [9.17, 15) is 4.79 Å². The Labute approximate surface area is 139 Å². The molecule has 0 N–H and O–H groups in total. The molecule has 0 spiro atoms. The number of ether oxygens (including phenoxy) is 1. The van der Waals surface area contributed by atoms with Crippen LogP contribution < -0.4 is 4.74 Å². The first-order valence-corrected chi connectivity index (χ1v) is 8.00. The lowest BCUT2D eigenvalue weighted by Crippen LogP contribution is -2.30. The number of nitrogens with zero attached hydrogens (tertiary/aromatic N) is 3. The highest BCUT2D eigenvalue weighted by Gasteiger charge is 2.33. The quantitative estimate of drug-likeness (QED) is 0.856. The van der Waals surface area contributed by atoms with Crippen molar-refractivity contribution in [3.63, 3.8) is 0 Å². The van der Waals surface area contributed by atoms with E-state index in [2.05, 4.69) is 10.1 Å². The normalized spacial score (nSPS) is 17.5. The van der Waals surface area contributed by atoms with E-state index in [1.54, 1.807) is 11.0 Å². The largest absolute Gasteiger partial charge is 0.477 e. The first kappa shape index (κ1) is 15.8. The van der Waals surface area contributed by atoms with Crippen molar-refractivity contribution in [2.24, 2.45) is 0 Å². The first-order chi connectivity index (χ1) is 11.1. The zero-order valence-electron chi connectivity index (χ0n) is 13.1. The fourth-order valence-corrected chi connectivity index (χ4v) is 3.03. The highest BCUT2D eigenvalue weighted by Crippen LogP contribution is 2.33. The smallest absolute Gasteiger partial charge is 0.256 e. The SMILES string of the molecule is CCOc1ncc(C(=O)N2CCC[C@H]2c2cc(C)on2)cc1Cl. The number of aromatic nitrogens is 2. The highest BCUT2D eigenvalue weighted by molar-refractivity contribution is 6.32. The van der Waals surface area contributed by atoms with E-state index in [0.717, 1.165) is 24.3 Å². The van der Waals surface area contributed by atoms with Gasteiger partial charge < -0.3 is 14.2 Å². The van der Waals surface area contributed by atoms with Gasteiger partial charge in [0.2, 0.25) is 5.88 Å². The second-order valence-electron chi connectivity index (χ2n) is 5.46. The molecule has 2 aromatic rings. The molecule has 23 heavy (non-hydrogen) atoms. The van der Waals surface area contributed by atoms with Gasteiger partial charge in [0.05, 0.1) is 18.2 Å². The van der Waals surface area contributed by atoms with Crippen molar-refractivity contribution in [2.45, 2.75) is 32.7 Å². The number of amides is 1. The van der Waals surface area contributed by atoms with Crippen LogP contribution in [0.15, 0.2) is 22.9 Å². The van der Waals surface area contributed by atoms with Crippen LogP contribution in [0.5, 0.6) is 5.88 Å². The molecule has 2 aromatic heterocycles. The van der Waals surface area contributed by atoms with Crippen LogP contribution in [0.25, 0.3) is 0 Å². The van der Waals surface area contributed by atoms with Gasteiger partial charge in [-0.05, 0) is 32.8 Å². The van der Waals surface area contributed by atoms with Gasteiger partial charge in [0.25, 0.3) is 5.91 Å². The van der Waals surface area contributed by atoms with Crippen molar-refractivity contribution in [1.82, 2.24) is 15.0 Å². The predicted octanol–water partition coefficient (Wildman–Crippen LogP) is 3.41. The molecule has 1 amide bonds. The topological polar surface area (TPSA) is 68.5 Å². The molecule has 1 aliphatic rings. The van der Waals surface area contributed by atoms with Crippen LogP contribution in [0, 0.1) is 6.92 Å². The van der Waals surface area contributed by atoms with Crippen LogP contribution >= 0.6 is 11.6 Å². The summed E-state index contributed by atoms with van der Waals surface area (Å²) in [6.45, 7) is 4.85. The Morgan fingerprint density at radius 1 is 1.52 bits per heavy atom. The van der Waals surface area contributed by atoms with E-state index in [-0.39, 0.29) is 11.9 Å². The van der Waals surface area contributed by atoms with Crippen LogP contribution in [0.4, 0.5) is 0 Å². The molecule has 3 rings (SSSR count). The number of rotatable bonds is 4. The Bertz CT molecular complexity index is 716. The molecule has 1 fully saturated rings. The van der Waals surface area contributed by atoms with E-state index in [1.807, 2.05) is 19.9 Å². The van der Waals surface area contributed by atoms with Crippen molar-refractivity contribution in [3.05, 3.63) is 40.4 Å². The van der Waals surface area contributed by atoms with Gasteiger partial charge in [0.1, 0.15) is 16.5 Å². The maximum atomic E-state index is 12.8. The predicted molar refractivity (Wildman–Crippen MR) is 84.7 cm³/mol. The number of hydrogen-bond donors (Lipinski definition) is 0. The van der Waals surface area contributed by atoms with Crippen molar-refractivity contribution in [2.75, 3.05) is 13.2 Å².